The molecule has 3 aromatic rings. The first-order chi connectivity index (χ1) is 17.4. The molecule has 5 heteroatoms. The van der Waals surface area contributed by atoms with Crippen LogP contribution in [0, 0.1) is 29.2 Å². The summed E-state index contributed by atoms with van der Waals surface area (Å²) in [5.41, 5.74) is 3.16. The zero-order valence-corrected chi connectivity index (χ0v) is 20.9. The summed E-state index contributed by atoms with van der Waals surface area (Å²) in [7, 11) is 0. The van der Waals surface area contributed by atoms with Gasteiger partial charge in [-0.05, 0) is 78.8 Å². The van der Waals surface area contributed by atoms with Gasteiger partial charge in [-0.2, -0.15) is 4.39 Å². The molecule has 0 bridgehead atoms. The normalized spacial score (nSPS) is 15.6. The second-order valence-electron chi connectivity index (χ2n) is 9.65. The number of benzene rings is 3. The molecule has 1 aliphatic rings. The SMILES string of the molecule is CCCCOc1ccc(-c2ccc(CCc3ccc(C4=CCC(C)CC4)c(F)c3F)cc2)c(F)c1F. The molecular formula is C31H32F4O. The number of hydrogen-bond donors (Lipinski definition) is 0. The quantitative estimate of drug-likeness (QED) is 0.212. The highest BCUT2D eigenvalue weighted by Gasteiger charge is 2.19. The van der Waals surface area contributed by atoms with E-state index in [4.69, 9.17) is 4.74 Å². The molecule has 36 heavy (non-hydrogen) atoms. The van der Waals surface area contributed by atoms with E-state index in [1.807, 2.05) is 13.0 Å². The number of hydrogen-bond acceptors (Lipinski definition) is 1. The predicted molar refractivity (Wildman–Crippen MR) is 137 cm³/mol. The number of ether oxygens (including phenoxy) is 1. The second kappa shape index (κ2) is 11.8. The lowest BCUT2D eigenvalue weighted by atomic mass is 9.87. The summed E-state index contributed by atoms with van der Waals surface area (Å²) in [5.74, 6) is -3.02. The first-order valence-electron chi connectivity index (χ1n) is 12.7. The van der Waals surface area contributed by atoms with Gasteiger partial charge in [0.1, 0.15) is 0 Å². The maximum Gasteiger partial charge on any atom is 0.201 e. The highest BCUT2D eigenvalue weighted by atomic mass is 19.2. The first-order valence-corrected chi connectivity index (χ1v) is 12.7. The first kappa shape index (κ1) is 26.0. The van der Waals surface area contributed by atoms with Crippen molar-refractivity contribution in [2.45, 2.75) is 58.8 Å². The topological polar surface area (TPSA) is 9.23 Å². The fourth-order valence-corrected chi connectivity index (χ4v) is 4.56. The molecule has 1 unspecified atom stereocenters. The summed E-state index contributed by atoms with van der Waals surface area (Å²) in [4.78, 5) is 0. The van der Waals surface area contributed by atoms with Crippen molar-refractivity contribution in [2.75, 3.05) is 6.61 Å². The fraction of sp³-hybridized carbons (Fsp3) is 0.355. The third kappa shape index (κ3) is 5.83. The van der Waals surface area contributed by atoms with Crippen molar-refractivity contribution >= 4 is 5.57 Å². The van der Waals surface area contributed by atoms with Crippen LogP contribution in [0.5, 0.6) is 5.75 Å². The number of aryl methyl sites for hydroxylation is 2. The molecule has 3 aromatic carbocycles. The van der Waals surface area contributed by atoms with E-state index in [0.29, 0.717) is 42.1 Å². The maximum absolute atomic E-state index is 14.8. The monoisotopic (exact) mass is 496 g/mol. The smallest absolute Gasteiger partial charge is 0.201 e. The molecule has 1 aliphatic carbocycles. The van der Waals surface area contributed by atoms with Crippen molar-refractivity contribution in [2.24, 2.45) is 5.92 Å². The molecule has 0 fully saturated rings. The average molecular weight is 497 g/mol. The summed E-state index contributed by atoms with van der Waals surface area (Å²) in [6, 6.07) is 13.3. The Hall–Kier alpha value is -3.08. The average Bonchev–Trinajstić information content (AvgIpc) is 2.89. The number of rotatable bonds is 9. The van der Waals surface area contributed by atoms with Gasteiger partial charge in [-0.3, -0.25) is 0 Å². The van der Waals surface area contributed by atoms with Crippen LogP contribution >= 0.6 is 0 Å². The van der Waals surface area contributed by atoms with E-state index in [-0.39, 0.29) is 11.3 Å². The lowest BCUT2D eigenvalue weighted by molar-refractivity contribution is 0.289. The highest BCUT2D eigenvalue weighted by Crippen LogP contribution is 2.33. The van der Waals surface area contributed by atoms with E-state index in [1.165, 1.54) is 12.1 Å². The number of unbranched alkanes of at least 4 members (excludes halogenated alkanes) is 1. The minimum Gasteiger partial charge on any atom is -0.490 e. The van der Waals surface area contributed by atoms with Crippen LogP contribution in [-0.2, 0) is 12.8 Å². The molecule has 190 valence electrons. The third-order valence-corrected chi connectivity index (χ3v) is 6.93. The summed E-state index contributed by atoms with van der Waals surface area (Å²) in [6.07, 6.45) is 7.17. The Morgan fingerprint density at radius 3 is 2.22 bits per heavy atom. The Kier molecular flexibility index (Phi) is 8.50. The van der Waals surface area contributed by atoms with Gasteiger partial charge in [0.05, 0.1) is 6.61 Å². The maximum atomic E-state index is 14.8. The highest BCUT2D eigenvalue weighted by molar-refractivity contribution is 5.67. The van der Waals surface area contributed by atoms with Gasteiger partial charge in [0.2, 0.25) is 5.82 Å². The summed E-state index contributed by atoms with van der Waals surface area (Å²) in [6.45, 7) is 4.49. The van der Waals surface area contributed by atoms with Crippen LogP contribution in [0.1, 0.15) is 62.6 Å². The Bertz CT molecular complexity index is 1230. The van der Waals surface area contributed by atoms with E-state index in [0.717, 1.165) is 43.2 Å². The summed E-state index contributed by atoms with van der Waals surface area (Å²) >= 11 is 0. The fourth-order valence-electron chi connectivity index (χ4n) is 4.56. The summed E-state index contributed by atoms with van der Waals surface area (Å²) < 4.78 is 64.0. The van der Waals surface area contributed by atoms with E-state index >= 15 is 0 Å². The standard InChI is InChI=1S/C31H32F4O/c1-3-4-19-36-27-18-17-26(30(34)31(27)35)23-12-7-21(8-13-23)9-14-24-15-16-25(29(33)28(24)32)22-10-5-20(2)6-11-22/h7-8,10,12-13,15-18,20H,3-6,9,11,14,19H2,1-2H3. The molecular weight excluding hydrogens is 464 g/mol. The molecule has 0 saturated carbocycles. The molecule has 0 spiro atoms. The van der Waals surface area contributed by atoms with E-state index in [1.54, 1.807) is 36.4 Å². The van der Waals surface area contributed by atoms with Crippen molar-refractivity contribution in [3.63, 3.8) is 0 Å². The lowest BCUT2D eigenvalue weighted by Crippen LogP contribution is -2.05. The molecule has 1 atom stereocenters. The van der Waals surface area contributed by atoms with Gasteiger partial charge in [0.15, 0.2) is 23.2 Å². The number of halogens is 4. The molecule has 0 aromatic heterocycles. The van der Waals surface area contributed by atoms with Gasteiger partial charge in [-0.15, -0.1) is 0 Å². The van der Waals surface area contributed by atoms with Crippen LogP contribution in [-0.4, -0.2) is 6.61 Å². The van der Waals surface area contributed by atoms with Gasteiger partial charge in [0, 0.05) is 11.1 Å². The van der Waals surface area contributed by atoms with Crippen molar-refractivity contribution < 1.29 is 22.3 Å². The van der Waals surface area contributed by atoms with Gasteiger partial charge >= 0.3 is 0 Å². The van der Waals surface area contributed by atoms with E-state index in [9.17, 15) is 17.6 Å². The van der Waals surface area contributed by atoms with Gasteiger partial charge < -0.3 is 4.74 Å². The van der Waals surface area contributed by atoms with Gasteiger partial charge in [-0.25, -0.2) is 13.2 Å². The molecule has 0 radical (unpaired) electrons. The van der Waals surface area contributed by atoms with Crippen molar-refractivity contribution in [3.05, 3.63) is 94.6 Å². The van der Waals surface area contributed by atoms with Crippen LogP contribution in [0.3, 0.4) is 0 Å². The van der Waals surface area contributed by atoms with E-state index < -0.39 is 23.3 Å². The van der Waals surface area contributed by atoms with Crippen LogP contribution in [0.2, 0.25) is 0 Å². The minimum atomic E-state index is -0.993. The van der Waals surface area contributed by atoms with Crippen molar-refractivity contribution in [1.29, 1.82) is 0 Å². The zero-order chi connectivity index (χ0) is 25.7. The molecule has 1 nitrogen and oxygen atoms in total. The Morgan fingerprint density at radius 1 is 0.806 bits per heavy atom. The Labute approximate surface area is 210 Å². The zero-order valence-electron chi connectivity index (χ0n) is 20.9. The van der Waals surface area contributed by atoms with Crippen LogP contribution in [0.25, 0.3) is 16.7 Å². The largest absolute Gasteiger partial charge is 0.490 e. The Morgan fingerprint density at radius 2 is 1.53 bits per heavy atom. The van der Waals surface area contributed by atoms with Crippen LogP contribution in [0.4, 0.5) is 17.6 Å². The molecule has 0 amide bonds. The van der Waals surface area contributed by atoms with Crippen LogP contribution in [0.15, 0.2) is 54.6 Å². The minimum absolute atomic E-state index is 0.0871. The predicted octanol–water partition coefficient (Wildman–Crippen LogP) is 9.08. The number of allylic oxidation sites excluding steroid dienone is 2. The van der Waals surface area contributed by atoms with Gasteiger partial charge in [0.25, 0.3) is 0 Å². The van der Waals surface area contributed by atoms with Crippen molar-refractivity contribution in [1.82, 2.24) is 0 Å². The lowest BCUT2D eigenvalue weighted by Gasteiger charge is -2.19. The van der Waals surface area contributed by atoms with Crippen LogP contribution < -0.4 is 4.74 Å². The molecule has 0 saturated heterocycles. The molecule has 0 aliphatic heterocycles. The second-order valence-corrected chi connectivity index (χ2v) is 9.65. The van der Waals surface area contributed by atoms with Gasteiger partial charge in [-0.1, -0.05) is 62.7 Å². The molecule has 0 heterocycles. The molecule has 4 rings (SSSR count). The summed E-state index contributed by atoms with van der Waals surface area (Å²) in [5, 5.41) is 0. The molecule has 0 N–H and O–H groups in total. The van der Waals surface area contributed by atoms with E-state index in [2.05, 4.69) is 6.92 Å². The van der Waals surface area contributed by atoms with Crippen molar-refractivity contribution in [3.8, 4) is 16.9 Å². The third-order valence-electron chi connectivity index (χ3n) is 6.93. The Balaban J connectivity index is 1.43.